The van der Waals surface area contributed by atoms with E-state index < -0.39 is 0 Å². The Morgan fingerprint density at radius 3 is 3.00 bits per heavy atom. The molecule has 3 heterocycles. The molecule has 6 nitrogen and oxygen atoms in total. The van der Waals surface area contributed by atoms with E-state index in [1.54, 1.807) is 30.6 Å². The van der Waals surface area contributed by atoms with Crippen LogP contribution in [0.25, 0.3) is 0 Å². The molecule has 0 saturated carbocycles. The highest BCUT2D eigenvalue weighted by atomic mass is 19.1. The second-order valence-electron chi connectivity index (χ2n) is 6.97. The van der Waals surface area contributed by atoms with Crippen LogP contribution in [0.2, 0.25) is 0 Å². The number of rotatable bonds is 4. The number of nitrogens with one attached hydrogen (secondary N) is 1. The van der Waals surface area contributed by atoms with E-state index in [1.807, 2.05) is 6.07 Å². The summed E-state index contributed by atoms with van der Waals surface area (Å²) in [7, 11) is 0. The molecule has 0 unspecified atom stereocenters. The Hall–Kier alpha value is -2.25. The van der Waals surface area contributed by atoms with Gasteiger partial charge in [-0.2, -0.15) is 0 Å². The Morgan fingerprint density at radius 2 is 2.15 bits per heavy atom. The van der Waals surface area contributed by atoms with Gasteiger partial charge in [-0.15, -0.1) is 0 Å². The molecule has 1 spiro atoms. The van der Waals surface area contributed by atoms with E-state index in [0.717, 1.165) is 25.2 Å². The summed E-state index contributed by atoms with van der Waals surface area (Å²) in [5.74, 6) is 0.765. The fourth-order valence-corrected chi connectivity index (χ4v) is 3.71. The highest BCUT2D eigenvalue weighted by molar-refractivity contribution is 5.47. The Kier molecular flexibility index (Phi) is 4.99. The quantitative estimate of drug-likeness (QED) is 0.905. The predicted molar refractivity (Wildman–Crippen MR) is 96.7 cm³/mol. The Morgan fingerprint density at radius 1 is 1.27 bits per heavy atom. The van der Waals surface area contributed by atoms with Crippen molar-refractivity contribution in [1.82, 2.24) is 9.97 Å². The van der Waals surface area contributed by atoms with Gasteiger partial charge in [0.25, 0.3) is 0 Å². The van der Waals surface area contributed by atoms with E-state index in [2.05, 4.69) is 20.2 Å². The van der Waals surface area contributed by atoms with E-state index in [-0.39, 0.29) is 11.4 Å². The molecule has 0 bridgehead atoms. The number of ether oxygens (including phenoxy) is 2. The van der Waals surface area contributed by atoms with Crippen molar-refractivity contribution in [2.75, 3.05) is 49.7 Å². The lowest BCUT2D eigenvalue weighted by molar-refractivity contribution is -0.0456. The van der Waals surface area contributed by atoms with Gasteiger partial charge in [-0.05, 0) is 30.7 Å². The first kappa shape index (κ1) is 17.2. The van der Waals surface area contributed by atoms with Gasteiger partial charge in [0.1, 0.15) is 11.4 Å². The first-order valence-corrected chi connectivity index (χ1v) is 8.96. The van der Waals surface area contributed by atoms with Gasteiger partial charge in [-0.1, -0.05) is 6.07 Å². The van der Waals surface area contributed by atoms with Gasteiger partial charge in [0.15, 0.2) is 0 Å². The Labute approximate surface area is 152 Å². The summed E-state index contributed by atoms with van der Waals surface area (Å²) in [6, 6.07) is 8.50. The Balaban J connectivity index is 1.41. The highest BCUT2D eigenvalue weighted by Crippen LogP contribution is 2.34. The molecule has 2 saturated heterocycles. The summed E-state index contributed by atoms with van der Waals surface area (Å²) in [6.45, 7) is 4.04. The molecule has 2 atom stereocenters. The average Bonchev–Trinajstić information content (AvgIpc) is 2.94. The van der Waals surface area contributed by atoms with Crippen LogP contribution >= 0.6 is 0 Å². The zero-order chi connectivity index (χ0) is 17.8. The van der Waals surface area contributed by atoms with Crippen molar-refractivity contribution in [3.8, 4) is 0 Å². The molecule has 7 heteroatoms. The van der Waals surface area contributed by atoms with Gasteiger partial charge in [0.2, 0.25) is 5.95 Å². The summed E-state index contributed by atoms with van der Waals surface area (Å²) in [5.41, 5.74) is 0.518. The highest BCUT2D eigenvalue weighted by Gasteiger charge is 2.43. The van der Waals surface area contributed by atoms with Gasteiger partial charge >= 0.3 is 0 Å². The molecule has 26 heavy (non-hydrogen) atoms. The van der Waals surface area contributed by atoms with Crippen molar-refractivity contribution < 1.29 is 13.9 Å². The van der Waals surface area contributed by atoms with Crippen molar-refractivity contribution >= 4 is 11.6 Å². The van der Waals surface area contributed by atoms with Crippen LogP contribution in [-0.2, 0) is 9.47 Å². The molecule has 2 aromatic rings. The molecule has 0 aliphatic carbocycles. The minimum Gasteiger partial charge on any atom is -0.377 e. The number of benzene rings is 1. The maximum absolute atomic E-state index is 13.6. The van der Waals surface area contributed by atoms with Crippen LogP contribution < -0.4 is 10.2 Å². The zero-order valence-electron chi connectivity index (χ0n) is 14.6. The third-order valence-electron chi connectivity index (χ3n) is 4.92. The maximum atomic E-state index is 13.6. The molecule has 2 aliphatic heterocycles. The van der Waals surface area contributed by atoms with Crippen LogP contribution in [-0.4, -0.2) is 55.0 Å². The zero-order valence-corrected chi connectivity index (χ0v) is 14.6. The first-order valence-electron chi connectivity index (χ1n) is 8.96. The number of anilines is 2. The molecule has 1 N–H and O–H groups in total. The number of halogens is 1. The van der Waals surface area contributed by atoms with Crippen LogP contribution in [0.3, 0.4) is 0 Å². The first-order chi connectivity index (χ1) is 12.7. The van der Waals surface area contributed by atoms with Crippen molar-refractivity contribution in [3.05, 3.63) is 48.5 Å². The van der Waals surface area contributed by atoms with Gasteiger partial charge in [-0.3, -0.25) is 0 Å². The normalized spacial score (nSPS) is 26.0. The topological polar surface area (TPSA) is 59.5 Å². The van der Waals surface area contributed by atoms with Gasteiger partial charge in [-0.25, -0.2) is 14.4 Å². The second kappa shape index (κ2) is 7.55. The maximum Gasteiger partial charge on any atom is 0.222 e. The van der Waals surface area contributed by atoms with Crippen LogP contribution in [0.15, 0.2) is 42.7 Å². The molecule has 1 aromatic heterocycles. The molecular weight excluding hydrogens is 335 g/mol. The van der Waals surface area contributed by atoms with Crippen molar-refractivity contribution in [1.29, 1.82) is 0 Å². The minimum absolute atomic E-state index is 0.223. The van der Waals surface area contributed by atoms with Crippen molar-refractivity contribution in [3.63, 3.8) is 0 Å². The van der Waals surface area contributed by atoms with E-state index in [4.69, 9.17) is 9.47 Å². The van der Waals surface area contributed by atoms with Crippen LogP contribution in [0, 0.1) is 11.7 Å². The number of nitrogens with zero attached hydrogens (tertiary/aromatic N) is 3. The second-order valence-corrected chi connectivity index (χ2v) is 6.97. The molecule has 2 fully saturated rings. The van der Waals surface area contributed by atoms with Crippen LogP contribution in [0.5, 0.6) is 0 Å². The smallest absolute Gasteiger partial charge is 0.222 e. The van der Waals surface area contributed by atoms with E-state index >= 15 is 0 Å². The lowest BCUT2D eigenvalue weighted by Gasteiger charge is -2.32. The molecule has 2 aliphatic rings. The lowest BCUT2D eigenvalue weighted by Crippen LogP contribution is -2.44. The lowest BCUT2D eigenvalue weighted by atomic mass is 9.94. The fraction of sp³-hybridized carbons (Fsp3) is 0.474. The third-order valence-corrected chi connectivity index (χ3v) is 4.92. The average molecular weight is 358 g/mol. The van der Waals surface area contributed by atoms with Gasteiger partial charge < -0.3 is 19.7 Å². The molecule has 4 rings (SSSR count). The predicted octanol–water partition coefficient (Wildman–Crippen LogP) is 2.34. The number of hydrogen-bond acceptors (Lipinski definition) is 6. The standard InChI is InChI=1S/C19H23FN4O2/c20-16-3-1-4-17(9-16)24-7-8-25-14-19(13-24)10-15(12-26-19)11-23-18-21-5-2-6-22-18/h1-6,9,15H,7-8,10-14H2,(H,21,22,23)/t15-,19-/m1/s1. The summed E-state index contributed by atoms with van der Waals surface area (Å²) in [4.78, 5) is 10.5. The van der Waals surface area contributed by atoms with Gasteiger partial charge in [0, 0.05) is 43.6 Å². The summed E-state index contributed by atoms with van der Waals surface area (Å²) in [6.07, 6.45) is 4.33. The van der Waals surface area contributed by atoms with Crippen molar-refractivity contribution in [2.24, 2.45) is 5.92 Å². The Bertz CT molecular complexity index is 732. The fourth-order valence-electron chi connectivity index (χ4n) is 3.71. The minimum atomic E-state index is -0.354. The monoisotopic (exact) mass is 358 g/mol. The van der Waals surface area contributed by atoms with Gasteiger partial charge in [0.05, 0.1) is 19.8 Å². The molecule has 0 radical (unpaired) electrons. The van der Waals surface area contributed by atoms with Crippen LogP contribution in [0.1, 0.15) is 6.42 Å². The SMILES string of the molecule is Fc1cccc(N2CCOC[C@@]3(C[C@H](CNc4ncccn4)CO3)C2)c1. The summed E-state index contributed by atoms with van der Waals surface area (Å²) in [5, 5.41) is 3.27. The van der Waals surface area contributed by atoms with E-state index in [9.17, 15) is 4.39 Å². The summed E-state index contributed by atoms with van der Waals surface area (Å²) < 4.78 is 25.6. The van der Waals surface area contributed by atoms with E-state index in [0.29, 0.717) is 38.2 Å². The van der Waals surface area contributed by atoms with Crippen LogP contribution in [0.4, 0.5) is 16.0 Å². The number of hydrogen-bond donors (Lipinski definition) is 1. The summed E-state index contributed by atoms with van der Waals surface area (Å²) >= 11 is 0. The number of aromatic nitrogens is 2. The largest absolute Gasteiger partial charge is 0.377 e. The van der Waals surface area contributed by atoms with Crippen molar-refractivity contribution in [2.45, 2.75) is 12.0 Å². The molecular formula is C19H23FN4O2. The molecule has 138 valence electrons. The van der Waals surface area contributed by atoms with E-state index in [1.165, 1.54) is 6.07 Å². The molecule has 0 amide bonds. The molecule has 1 aromatic carbocycles. The third kappa shape index (κ3) is 3.94.